The summed E-state index contributed by atoms with van der Waals surface area (Å²) in [5.74, 6) is -0.00381. The maximum absolute atomic E-state index is 12.3. The van der Waals surface area contributed by atoms with E-state index in [0.29, 0.717) is 11.3 Å². The van der Waals surface area contributed by atoms with Crippen molar-refractivity contribution in [2.75, 3.05) is 5.32 Å². The van der Waals surface area contributed by atoms with E-state index < -0.39 is 9.05 Å². The molecule has 1 fully saturated rings. The maximum Gasteiger partial charge on any atom is 0.261 e. The number of amides is 1. The summed E-state index contributed by atoms with van der Waals surface area (Å²) in [6.07, 6.45) is 3.94. The molecule has 0 radical (unpaired) electrons. The van der Waals surface area contributed by atoms with E-state index in [1.807, 2.05) is 6.92 Å². The van der Waals surface area contributed by atoms with E-state index in [1.54, 1.807) is 19.1 Å². The van der Waals surface area contributed by atoms with Gasteiger partial charge in [-0.1, -0.05) is 19.8 Å². The van der Waals surface area contributed by atoms with Crippen LogP contribution in [0.1, 0.15) is 38.2 Å². The van der Waals surface area contributed by atoms with Gasteiger partial charge in [0.2, 0.25) is 5.91 Å². The molecule has 1 N–H and O–H groups in total. The van der Waals surface area contributed by atoms with E-state index >= 15 is 0 Å². The Kier molecular flexibility index (Phi) is 4.12. The van der Waals surface area contributed by atoms with Crippen LogP contribution in [0.15, 0.2) is 23.1 Å². The first-order valence-electron chi connectivity index (χ1n) is 6.59. The van der Waals surface area contributed by atoms with Crippen molar-refractivity contribution in [1.82, 2.24) is 0 Å². The van der Waals surface area contributed by atoms with E-state index in [4.69, 9.17) is 10.7 Å². The molecule has 0 bridgehead atoms. The van der Waals surface area contributed by atoms with E-state index in [1.165, 1.54) is 6.07 Å². The minimum absolute atomic E-state index is 0.00381. The number of hydrogen-bond donors (Lipinski definition) is 1. The highest BCUT2D eigenvalue weighted by Gasteiger charge is 2.36. The third-order valence-electron chi connectivity index (χ3n) is 3.95. The van der Waals surface area contributed by atoms with Crippen molar-refractivity contribution in [3.05, 3.63) is 23.8 Å². The molecular formula is C14H18ClNO3S. The zero-order valence-corrected chi connectivity index (χ0v) is 13.1. The van der Waals surface area contributed by atoms with Gasteiger partial charge in [0.05, 0.1) is 4.90 Å². The number of carbonyl (C=O) groups is 1. The van der Waals surface area contributed by atoms with Crippen LogP contribution in [0.25, 0.3) is 0 Å². The molecule has 1 aliphatic rings. The summed E-state index contributed by atoms with van der Waals surface area (Å²) >= 11 is 0. The van der Waals surface area contributed by atoms with Gasteiger partial charge in [0.15, 0.2) is 0 Å². The van der Waals surface area contributed by atoms with Crippen LogP contribution in [0.2, 0.25) is 0 Å². The van der Waals surface area contributed by atoms with Crippen LogP contribution in [0.3, 0.4) is 0 Å². The summed E-state index contributed by atoms with van der Waals surface area (Å²) in [7, 11) is 1.59. The number of nitrogens with one attached hydrogen (secondary N) is 1. The first-order chi connectivity index (χ1) is 9.22. The molecule has 6 heteroatoms. The third-order valence-corrected chi connectivity index (χ3v) is 5.43. The van der Waals surface area contributed by atoms with Crippen molar-refractivity contribution in [2.24, 2.45) is 5.41 Å². The number of carbonyl (C=O) groups excluding carboxylic acids is 1. The molecule has 0 aliphatic heterocycles. The van der Waals surface area contributed by atoms with Crippen molar-refractivity contribution < 1.29 is 13.2 Å². The van der Waals surface area contributed by atoms with Crippen LogP contribution in [0.5, 0.6) is 0 Å². The van der Waals surface area contributed by atoms with Gasteiger partial charge in [0, 0.05) is 21.8 Å². The zero-order valence-electron chi connectivity index (χ0n) is 11.6. The summed E-state index contributed by atoms with van der Waals surface area (Å²) < 4.78 is 22.7. The van der Waals surface area contributed by atoms with Gasteiger partial charge in [-0.25, -0.2) is 8.42 Å². The second kappa shape index (κ2) is 5.37. The lowest BCUT2D eigenvalue weighted by molar-refractivity contribution is -0.124. The largest absolute Gasteiger partial charge is 0.326 e. The topological polar surface area (TPSA) is 63.2 Å². The van der Waals surface area contributed by atoms with Crippen molar-refractivity contribution in [3.8, 4) is 0 Å². The Morgan fingerprint density at radius 3 is 2.40 bits per heavy atom. The van der Waals surface area contributed by atoms with Crippen LogP contribution in [0.4, 0.5) is 5.69 Å². The highest BCUT2D eigenvalue weighted by atomic mass is 35.7. The summed E-state index contributed by atoms with van der Waals surface area (Å²) in [4.78, 5) is 12.3. The molecular weight excluding hydrogens is 298 g/mol. The van der Waals surface area contributed by atoms with Gasteiger partial charge in [0.25, 0.3) is 9.05 Å². The Morgan fingerprint density at radius 2 is 1.90 bits per heavy atom. The maximum atomic E-state index is 12.3. The average Bonchev–Trinajstić information content (AvgIpc) is 2.76. The fourth-order valence-corrected chi connectivity index (χ4v) is 3.86. The Morgan fingerprint density at radius 1 is 1.30 bits per heavy atom. The predicted molar refractivity (Wildman–Crippen MR) is 79.4 cm³/mol. The number of hydrogen-bond acceptors (Lipinski definition) is 3. The fraction of sp³-hybridized carbons (Fsp3) is 0.500. The Balaban J connectivity index is 2.19. The van der Waals surface area contributed by atoms with Gasteiger partial charge in [-0.2, -0.15) is 0 Å². The van der Waals surface area contributed by atoms with Crippen LogP contribution >= 0.6 is 10.7 Å². The Labute approximate surface area is 123 Å². The van der Waals surface area contributed by atoms with E-state index in [2.05, 4.69) is 5.32 Å². The lowest BCUT2D eigenvalue weighted by Gasteiger charge is -2.22. The van der Waals surface area contributed by atoms with Crippen molar-refractivity contribution in [2.45, 2.75) is 44.4 Å². The minimum Gasteiger partial charge on any atom is -0.326 e. The monoisotopic (exact) mass is 315 g/mol. The molecule has 1 aromatic carbocycles. The second-order valence-corrected chi connectivity index (χ2v) is 8.17. The zero-order chi connectivity index (χ0) is 15.0. The van der Waals surface area contributed by atoms with E-state index in [0.717, 1.165) is 25.7 Å². The van der Waals surface area contributed by atoms with E-state index in [9.17, 15) is 13.2 Å². The molecule has 1 aromatic rings. The van der Waals surface area contributed by atoms with Gasteiger partial charge >= 0.3 is 0 Å². The molecule has 0 aromatic heterocycles. The molecule has 0 saturated heterocycles. The quantitative estimate of drug-likeness (QED) is 0.869. The number of aryl methyl sites for hydroxylation is 1. The molecule has 1 amide bonds. The first-order valence-corrected chi connectivity index (χ1v) is 8.90. The van der Waals surface area contributed by atoms with Crippen molar-refractivity contribution >= 4 is 31.3 Å². The van der Waals surface area contributed by atoms with Crippen molar-refractivity contribution in [1.29, 1.82) is 0 Å². The smallest absolute Gasteiger partial charge is 0.261 e. The molecule has 20 heavy (non-hydrogen) atoms. The van der Waals surface area contributed by atoms with Gasteiger partial charge in [-0.05, 0) is 43.5 Å². The number of rotatable bonds is 3. The van der Waals surface area contributed by atoms with Crippen LogP contribution in [-0.2, 0) is 13.8 Å². The average molecular weight is 316 g/mol. The van der Waals surface area contributed by atoms with Crippen LogP contribution in [0, 0.1) is 12.3 Å². The number of halogens is 1. The normalized spacial score (nSPS) is 17.9. The Bertz CT molecular complexity index is 634. The molecule has 0 atom stereocenters. The van der Waals surface area contributed by atoms with Crippen molar-refractivity contribution in [3.63, 3.8) is 0 Å². The highest BCUT2D eigenvalue weighted by Crippen LogP contribution is 2.38. The molecule has 1 aliphatic carbocycles. The first kappa shape index (κ1) is 15.3. The summed E-state index contributed by atoms with van der Waals surface area (Å²) in [5.41, 5.74) is 0.810. The highest BCUT2D eigenvalue weighted by molar-refractivity contribution is 8.13. The second-order valence-electron chi connectivity index (χ2n) is 5.64. The molecule has 110 valence electrons. The van der Waals surface area contributed by atoms with E-state index in [-0.39, 0.29) is 16.2 Å². The van der Waals surface area contributed by atoms with Crippen LogP contribution < -0.4 is 5.32 Å². The third kappa shape index (κ3) is 3.15. The summed E-state index contributed by atoms with van der Waals surface area (Å²) in [5, 5.41) is 2.87. The SMILES string of the molecule is Cc1cc(NC(=O)C2(C)CCCC2)ccc1S(=O)(=O)Cl. The molecule has 1 saturated carbocycles. The fourth-order valence-electron chi connectivity index (χ4n) is 2.67. The lowest BCUT2D eigenvalue weighted by atomic mass is 9.88. The molecule has 2 rings (SSSR count). The Hall–Kier alpha value is -1.07. The number of benzene rings is 1. The summed E-state index contributed by atoms with van der Waals surface area (Å²) in [6, 6.07) is 4.62. The predicted octanol–water partition coefficient (Wildman–Crippen LogP) is 3.44. The summed E-state index contributed by atoms with van der Waals surface area (Å²) in [6.45, 7) is 3.63. The molecule has 0 spiro atoms. The molecule has 4 nitrogen and oxygen atoms in total. The van der Waals surface area contributed by atoms with Gasteiger partial charge < -0.3 is 5.32 Å². The molecule has 0 unspecified atom stereocenters. The number of anilines is 1. The minimum atomic E-state index is -3.75. The van der Waals surface area contributed by atoms with Gasteiger partial charge in [-0.3, -0.25) is 4.79 Å². The van der Waals surface area contributed by atoms with Gasteiger partial charge in [-0.15, -0.1) is 0 Å². The van der Waals surface area contributed by atoms with Crippen LogP contribution in [-0.4, -0.2) is 14.3 Å². The lowest BCUT2D eigenvalue weighted by Crippen LogP contribution is -2.30. The van der Waals surface area contributed by atoms with Gasteiger partial charge in [0.1, 0.15) is 0 Å². The molecule has 0 heterocycles. The standard InChI is InChI=1S/C14H18ClNO3S/c1-10-9-11(5-6-12(10)20(15,18)19)16-13(17)14(2)7-3-4-8-14/h5-6,9H,3-4,7-8H2,1-2H3,(H,16,17).